The van der Waals surface area contributed by atoms with Crippen molar-refractivity contribution in [2.45, 2.75) is 32.7 Å². The molecule has 5 nitrogen and oxygen atoms in total. The SMILES string of the molecule is Cc1ccc(C(C)C)cc1OCC(=O)N1CSCC1C(=O)N(C)C. The Kier molecular flexibility index (Phi) is 6.15. The zero-order chi connectivity index (χ0) is 17.9. The number of carbonyl (C=O) groups is 2. The molecule has 0 N–H and O–H groups in total. The zero-order valence-electron chi connectivity index (χ0n) is 15.0. The largest absolute Gasteiger partial charge is 0.483 e. The molecule has 1 aromatic rings. The first kappa shape index (κ1) is 18.6. The number of rotatable bonds is 5. The van der Waals surface area contributed by atoms with Crippen molar-refractivity contribution < 1.29 is 14.3 Å². The molecule has 0 saturated carbocycles. The number of ether oxygens (including phenoxy) is 1. The van der Waals surface area contributed by atoms with Gasteiger partial charge in [0.25, 0.3) is 5.91 Å². The number of likely N-dealkylation sites (N-methyl/N-ethyl adjacent to an activating group) is 1. The number of thioether (sulfide) groups is 1. The molecular formula is C18H26N2O3S. The van der Waals surface area contributed by atoms with Crippen molar-refractivity contribution in [3.05, 3.63) is 29.3 Å². The lowest BCUT2D eigenvalue weighted by molar-refractivity contribution is -0.143. The summed E-state index contributed by atoms with van der Waals surface area (Å²) in [6.07, 6.45) is 0. The minimum absolute atomic E-state index is 0.0358. The standard InChI is InChI=1S/C18H26N2O3S/c1-12(2)14-7-6-13(3)16(8-14)23-9-17(21)20-11-24-10-15(20)18(22)19(4)5/h6-8,12,15H,9-11H2,1-5H3. The van der Waals surface area contributed by atoms with E-state index in [1.807, 2.05) is 19.1 Å². The molecule has 0 aliphatic carbocycles. The van der Waals surface area contributed by atoms with Crippen LogP contribution in [0.15, 0.2) is 18.2 Å². The highest BCUT2D eigenvalue weighted by atomic mass is 32.2. The van der Waals surface area contributed by atoms with E-state index < -0.39 is 0 Å². The van der Waals surface area contributed by atoms with Gasteiger partial charge >= 0.3 is 0 Å². The van der Waals surface area contributed by atoms with Crippen LogP contribution < -0.4 is 4.74 Å². The van der Waals surface area contributed by atoms with Gasteiger partial charge in [-0.05, 0) is 30.0 Å². The van der Waals surface area contributed by atoms with E-state index in [-0.39, 0.29) is 24.5 Å². The van der Waals surface area contributed by atoms with Gasteiger partial charge in [-0.25, -0.2) is 0 Å². The van der Waals surface area contributed by atoms with Gasteiger partial charge in [-0.3, -0.25) is 9.59 Å². The van der Waals surface area contributed by atoms with Crippen molar-refractivity contribution in [2.24, 2.45) is 0 Å². The highest BCUT2D eigenvalue weighted by molar-refractivity contribution is 7.99. The number of nitrogens with zero attached hydrogens (tertiary/aromatic N) is 2. The quantitative estimate of drug-likeness (QED) is 0.819. The highest BCUT2D eigenvalue weighted by Crippen LogP contribution is 2.25. The lowest BCUT2D eigenvalue weighted by atomic mass is 10.0. The highest BCUT2D eigenvalue weighted by Gasteiger charge is 2.35. The molecule has 2 amide bonds. The van der Waals surface area contributed by atoms with E-state index in [2.05, 4.69) is 19.9 Å². The van der Waals surface area contributed by atoms with Crippen LogP contribution in [-0.4, -0.2) is 60.0 Å². The van der Waals surface area contributed by atoms with E-state index in [9.17, 15) is 9.59 Å². The van der Waals surface area contributed by atoms with Gasteiger partial charge in [-0.15, -0.1) is 11.8 Å². The third-order valence-corrected chi connectivity index (χ3v) is 5.17. The molecule has 1 unspecified atom stereocenters. The Labute approximate surface area is 148 Å². The Bertz CT molecular complexity index is 616. The van der Waals surface area contributed by atoms with E-state index in [0.29, 0.717) is 17.5 Å². The van der Waals surface area contributed by atoms with Crippen molar-refractivity contribution >= 4 is 23.6 Å². The number of hydrogen-bond donors (Lipinski definition) is 0. The predicted molar refractivity (Wildman–Crippen MR) is 97.4 cm³/mol. The molecule has 1 aromatic carbocycles. The lowest BCUT2D eigenvalue weighted by Gasteiger charge is -2.25. The second kappa shape index (κ2) is 7.92. The fourth-order valence-corrected chi connectivity index (χ4v) is 3.72. The Morgan fingerprint density at radius 3 is 2.71 bits per heavy atom. The molecule has 1 aliphatic rings. The number of amides is 2. The molecule has 132 valence electrons. The van der Waals surface area contributed by atoms with Crippen molar-refractivity contribution in [2.75, 3.05) is 32.3 Å². The molecule has 24 heavy (non-hydrogen) atoms. The van der Waals surface area contributed by atoms with E-state index in [4.69, 9.17) is 4.74 Å². The molecule has 1 fully saturated rings. The fourth-order valence-electron chi connectivity index (χ4n) is 2.54. The predicted octanol–water partition coefficient (Wildman–Crippen LogP) is 2.49. The number of carbonyl (C=O) groups excluding carboxylic acids is 2. The van der Waals surface area contributed by atoms with Gasteiger partial charge in [0.05, 0.1) is 5.88 Å². The van der Waals surface area contributed by atoms with Crippen LogP contribution in [0.3, 0.4) is 0 Å². The van der Waals surface area contributed by atoms with Crippen LogP contribution in [0.25, 0.3) is 0 Å². The molecule has 0 bridgehead atoms. The number of aryl methyl sites for hydroxylation is 1. The molecule has 1 atom stereocenters. The van der Waals surface area contributed by atoms with Crippen LogP contribution in [0.2, 0.25) is 0 Å². The van der Waals surface area contributed by atoms with Crippen LogP contribution in [-0.2, 0) is 9.59 Å². The third-order valence-electron chi connectivity index (χ3n) is 4.16. The van der Waals surface area contributed by atoms with Crippen LogP contribution in [0.5, 0.6) is 5.75 Å². The maximum absolute atomic E-state index is 12.5. The zero-order valence-corrected chi connectivity index (χ0v) is 15.9. The molecule has 1 saturated heterocycles. The van der Waals surface area contributed by atoms with Crippen LogP contribution in [0.1, 0.15) is 30.9 Å². The monoisotopic (exact) mass is 350 g/mol. The molecule has 0 spiro atoms. The van der Waals surface area contributed by atoms with Crippen molar-refractivity contribution in [1.29, 1.82) is 0 Å². The first-order valence-electron chi connectivity index (χ1n) is 8.13. The van der Waals surface area contributed by atoms with Gasteiger partial charge in [0, 0.05) is 19.8 Å². The number of benzene rings is 1. The molecule has 0 aromatic heterocycles. The van der Waals surface area contributed by atoms with Crippen LogP contribution >= 0.6 is 11.8 Å². The van der Waals surface area contributed by atoms with Crippen LogP contribution in [0, 0.1) is 6.92 Å². The van der Waals surface area contributed by atoms with Gasteiger partial charge < -0.3 is 14.5 Å². The Hall–Kier alpha value is -1.69. The van der Waals surface area contributed by atoms with Crippen molar-refractivity contribution in [1.82, 2.24) is 9.80 Å². The third kappa shape index (κ3) is 4.23. The van der Waals surface area contributed by atoms with Crippen molar-refractivity contribution in [3.63, 3.8) is 0 Å². The maximum atomic E-state index is 12.5. The Morgan fingerprint density at radius 1 is 1.38 bits per heavy atom. The van der Waals surface area contributed by atoms with Crippen LogP contribution in [0.4, 0.5) is 0 Å². The summed E-state index contributed by atoms with van der Waals surface area (Å²) >= 11 is 1.60. The summed E-state index contributed by atoms with van der Waals surface area (Å²) in [4.78, 5) is 27.8. The molecular weight excluding hydrogens is 324 g/mol. The minimum Gasteiger partial charge on any atom is -0.483 e. The van der Waals surface area contributed by atoms with E-state index in [1.54, 1.807) is 30.8 Å². The number of hydrogen-bond acceptors (Lipinski definition) is 4. The summed E-state index contributed by atoms with van der Waals surface area (Å²) in [5, 5.41) is 0. The second-order valence-corrected chi connectivity index (χ2v) is 7.58. The maximum Gasteiger partial charge on any atom is 0.261 e. The fraction of sp³-hybridized carbons (Fsp3) is 0.556. The van der Waals surface area contributed by atoms with Gasteiger partial charge in [0.15, 0.2) is 6.61 Å². The van der Waals surface area contributed by atoms with E-state index in [0.717, 1.165) is 11.3 Å². The second-order valence-electron chi connectivity index (χ2n) is 6.58. The van der Waals surface area contributed by atoms with Gasteiger partial charge in [0.1, 0.15) is 11.8 Å². The summed E-state index contributed by atoms with van der Waals surface area (Å²) in [6, 6.07) is 5.70. The molecule has 6 heteroatoms. The summed E-state index contributed by atoms with van der Waals surface area (Å²) < 4.78 is 5.76. The molecule has 1 aliphatic heterocycles. The average molecular weight is 350 g/mol. The average Bonchev–Trinajstić information content (AvgIpc) is 3.02. The van der Waals surface area contributed by atoms with E-state index in [1.165, 1.54) is 10.5 Å². The molecule has 0 radical (unpaired) electrons. The smallest absolute Gasteiger partial charge is 0.261 e. The van der Waals surface area contributed by atoms with Gasteiger partial charge in [-0.1, -0.05) is 26.0 Å². The first-order chi connectivity index (χ1) is 11.3. The summed E-state index contributed by atoms with van der Waals surface area (Å²) in [7, 11) is 3.43. The topological polar surface area (TPSA) is 49.9 Å². The van der Waals surface area contributed by atoms with Crippen molar-refractivity contribution in [3.8, 4) is 5.75 Å². The molecule has 1 heterocycles. The molecule has 2 rings (SSSR count). The Morgan fingerprint density at radius 2 is 2.08 bits per heavy atom. The normalized spacial score (nSPS) is 17.2. The summed E-state index contributed by atoms with van der Waals surface area (Å²) in [5.41, 5.74) is 2.18. The van der Waals surface area contributed by atoms with E-state index >= 15 is 0 Å². The van der Waals surface area contributed by atoms with Gasteiger partial charge in [0.2, 0.25) is 5.91 Å². The lowest BCUT2D eigenvalue weighted by Crippen LogP contribution is -2.48. The Balaban J connectivity index is 2.03. The minimum atomic E-state index is -0.385. The summed E-state index contributed by atoms with van der Waals surface area (Å²) in [5.74, 6) is 2.14. The first-order valence-corrected chi connectivity index (χ1v) is 9.28. The summed E-state index contributed by atoms with van der Waals surface area (Å²) in [6.45, 7) is 6.17. The van der Waals surface area contributed by atoms with Gasteiger partial charge in [-0.2, -0.15) is 0 Å².